The lowest BCUT2D eigenvalue weighted by atomic mass is 10.0. The van der Waals surface area contributed by atoms with E-state index in [9.17, 15) is 19.7 Å². The molecule has 3 aromatic rings. The molecule has 0 radical (unpaired) electrons. The molecule has 0 aliphatic carbocycles. The number of benzene rings is 1. The molecule has 1 aromatic carbocycles. The van der Waals surface area contributed by atoms with Crippen molar-refractivity contribution in [2.24, 2.45) is 0 Å². The van der Waals surface area contributed by atoms with Gasteiger partial charge >= 0.3 is 5.97 Å². The number of carbonyl (C=O) groups is 2. The first-order valence-electron chi connectivity index (χ1n) is 9.11. The summed E-state index contributed by atoms with van der Waals surface area (Å²) < 4.78 is 6.96. The standard InChI is InChI=1S/C21H18N2O5S/c1-4-28-21(25)17-20-15(16-12(3)9-11(2)10-22(16)17)18(24)19(29-20)13-7-5-6-8-14(13)23(26)27/h5-10,19H,4H2,1-3H3. The van der Waals surface area contributed by atoms with E-state index in [2.05, 4.69) is 0 Å². The van der Waals surface area contributed by atoms with Crippen molar-refractivity contribution in [1.82, 2.24) is 4.40 Å². The van der Waals surface area contributed by atoms with Crippen molar-refractivity contribution < 1.29 is 19.2 Å². The van der Waals surface area contributed by atoms with E-state index < -0.39 is 16.1 Å². The van der Waals surface area contributed by atoms with Crippen LogP contribution in [0, 0.1) is 24.0 Å². The quantitative estimate of drug-likeness (QED) is 0.353. The van der Waals surface area contributed by atoms with E-state index in [0.29, 0.717) is 27.2 Å². The lowest BCUT2D eigenvalue weighted by molar-refractivity contribution is -0.385. The molecule has 4 rings (SSSR count). The zero-order chi connectivity index (χ0) is 20.9. The SMILES string of the molecule is CCOC(=O)c1c2c(c3c(C)cc(C)cn13)C(=O)C(c1ccccc1[N+](=O)[O-])S2. The minimum absolute atomic E-state index is 0.106. The van der Waals surface area contributed by atoms with Crippen LogP contribution in [0.5, 0.6) is 0 Å². The van der Waals surface area contributed by atoms with Crippen LogP contribution in [0.1, 0.15) is 49.7 Å². The van der Waals surface area contributed by atoms with Crippen LogP contribution >= 0.6 is 11.8 Å². The van der Waals surface area contributed by atoms with Gasteiger partial charge in [0, 0.05) is 12.3 Å². The Hall–Kier alpha value is -3.13. The Balaban J connectivity index is 1.96. The van der Waals surface area contributed by atoms with Gasteiger partial charge < -0.3 is 9.14 Å². The monoisotopic (exact) mass is 410 g/mol. The average Bonchev–Trinajstić information content (AvgIpc) is 3.16. The van der Waals surface area contributed by atoms with E-state index >= 15 is 0 Å². The Morgan fingerprint density at radius 2 is 2.03 bits per heavy atom. The third kappa shape index (κ3) is 2.91. The number of fused-ring (bicyclic) bond motifs is 3. The smallest absolute Gasteiger partial charge is 0.356 e. The first-order valence-corrected chi connectivity index (χ1v) is 9.99. The van der Waals surface area contributed by atoms with Crippen molar-refractivity contribution in [2.45, 2.75) is 30.9 Å². The number of pyridine rings is 1. The van der Waals surface area contributed by atoms with Gasteiger partial charge in [-0.05, 0) is 31.9 Å². The summed E-state index contributed by atoms with van der Waals surface area (Å²) in [5, 5.41) is 10.7. The highest BCUT2D eigenvalue weighted by atomic mass is 32.2. The van der Waals surface area contributed by atoms with Crippen LogP contribution < -0.4 is 0 Å². The predicted octanol–water partition coefficient (Wildman–Crippen LogP) is 4.67. The van der Waals surface area contributed by atoms with Crippen molar-refractivity contribution in [2.75, 3.05) is 6.61 Å². The van der Waals surface area contributed by atoms with Crippen molar-refractivity contribution in [3.63, 3.8) is 0 Å². The predicted molar refractivity (Wildman–Crippen MR) is 109 cm³/mol. The fourth-order valence-corrected chi connectivity index (χ4v) is 5.25. The van der Waals surface area contributed by atoms with Crippen molar-refractivity contribution in [1.29, 1.82) is 0 Å². The van der Waals surface area contributed by atoms with Crippen LogP contribution in [0.15, 0.2) is 41.4 Å². The molecule has 148 valence electrons. The fourth-order valence-electron chi connectivity index (χ4n) is 3.85. The number of hydrogen-bond acceptors (Lipinski definition) is 6. The highest BCUT2D eigenvalue weighted by Gasteiger charge is 2.42. The maximum absolute atomic E-state index is 13.4. The topological polar surface area (TPSA) is 90.9 Å². The van der Waals surface area contributed by atoms with E-state index in [1.807, 2.05) is 19.9 Å². The van der Waals surface area contributed by atoms with Gasteiger partial charge in [0.25, 0.3) is 5.69 Å². The number of hydrogen-bond donors (Lipinski definition) is 0. The second-order valence-corrected chi connectivity index (χ2v) is 7.99. The van der Waals surface area contributed by atoms with Crippen LogP contribution in [0.4, 0.5) is 5.69 Å². The molecular formula is C21H18N2O5S. The normalized spacial score (nSPS) is 15.6. The number of aromatic nitrogens is 1. The summed E-state index contributed by atoms with van der Waals surface area (Å²) in [6.45, 7) is 5.72. The van der Waals surface area contributed by atoms with Gasteiger partial charge in [0.2, 0.25) is 0 Å². The molecule has 7 nitrogen and oxygen atoms in total. The minimum Gasteiger partial charge on any atom is -0.461 e. The summed E-state index contributed by atoms with van der Waals surface area (Å²) in [6.07, 6.45) is 1.81. The molecule has 1 aliphatic heterocycles. The second-order valence-electron chi connectivity index (χ2n) is 6.87. The highest BCUT2D eigenvalue weighted by molar-refractivity contribution is 8.01. The highest BCUT2D eigenvalue weighted by Crippen LogP contribution is 2.52. The van der Waals surface area contributed by atoms with E-state index in [1.165, 1.54) is 17.8 Å². The Labute approximate surface area is 170 Å². The molecule has 0 saturated heterocycles. The first-order chi connectivity index (χ1) is 13.8. The van der Waals surface area contributed by atoms with Crippen LogP contribution in [-0.2, 0) is 4.74 Å². The number of rotatable bonds is 4. The van der Waals surface area contributed by atoms with Gasteiger partial charge in [0.15, 0.2) is 5.78 Å². The number of carbonyl (C=O) groups excluding carboxylic acids is 2. The largest absolute Gasteiger partial charge is 0.461 e. The zero-order valence-corrected chi connectivity index (χ0v) is 16.9. The number of esters is 1. The summed E-state index contributed by atoms with van der Waals surface area (Å²) in [4.78, 5) is 37.7. The van der Waals surface area contributed by atoms with Crippen molar-refractivity contribution in [3.8, 4) is 0 Å². The molecule has 0 fully saturated rings. The number of nitrogens with zero attached hydrogens (tertiary/aromatic N) is 2. The molecule has 2 aromatic heterocycles. The Morgan fingerprint density at radius 3 is 2.72 bits per heavy atom. The number of para-hydroxylation sites is 1. The lowest BCUT2D eigenvalue weighted by Crippen LogP contribution is -2.11. The van der Waals surface area contributed by atoms with Crippen LogP contribution in [-0.4, -0.2) is 27.7 Å². The van der Waals surface area contributed by atoms with Crippen molar-refractivity contribution >= 4 is 34.7 Å². The molecule has 0 bridgehead atoms. The molecular weight excluding hydrogens is 392 g/mol. The van der Waals surface area contributed by atoms with E-state index in [4.69, 9.17) is 4.74 Å². The minimum atomic E-state index is -0.777. The number of thioether (sulfide) groups is 1. The molecule has 1 unspecified atom stereocenters. The number of nitro benzene ring substituents is 1. The summed E-state index contributed by atoms with van der Waals surface area (Å²) >= 11 is 1.17. The molecule has 8 heteroatoms. The molecule has 0 N–H and O–H groups in total. The van der Waals surface area contributed by atoms with Gasteiger partial charge in [-0.2, -0.15) is 0 Å². The maximum atomic E-state index is 13.4. The van der Waals surface area contributed by atoms with Gasteiger partial charge in [-0.3, -0.25) is 14.9 Å². The number of Topliss-reactive ketones (excluding diaryl/α,β-unsaturated/α-hetero) is 1. The molecule has 0 saturated carbocycles. The van der Waals surface area contributed by atoms with Crippen LogP contribution in [0.2, 0.25) is 0 Å². The molecule has 0 amide bonds. The molecule has 1 atom stereocenters. The Morgan fingerprint density at radius 1 is 1.31 bits per heavy atom. The zero-order valence-electron chi connectivity index (χ0n) is 16.1. The number of ketones is 1. The van der Waals surface area contributed by atoms with Gasteiger partial charge in [0.05, 0.1) is 33.1 Å². The Bertz CT molecular complexity index is 1200. The first kappa shape index (κ1) is 19.2. The van der Waals surface area contributed by atoms with Gasteiger partial charge in [-0.25, -0.2) is 4.79 Å². The fraction of sp³-hybridized carbons (Fsp3) is 0.238. The third-order valence-electron chi connectivity index (χ3n) is 4.92. The van der Waals surface area contributed by atoms with E-state index in [1.54, 1.807) is 35.7 Å². The average molecular weight is 410 g/mol. The summed E-state index contributed by atoms with van der Waals surface area (Å²) in [7, 11) is 0. The van der Waals surface area contributed by atoms with Gasteiger partial charge in [-0.1, -0.05) is 24.3 Å². The molecule has 0 spiro atoms. The second kappa shape index (κ2) is 7.04. The summed E-state index contributed by atoms with van der Waals surface area (Å²) in [5.74, 6) is -0.753. The van der Waals surface area contributed by atoms with Crippen LogP contribution in [0.25, 0.3) is 5.52 Å². The Kier molecular flexibility index (Phi) is 4.66. The van der Waals surface area contributed by atoms with E-state index in [0.717, 1.165) is 11.1 Å². The van der Waals surface area contributed by atoms with Gasteiger partial charge in [0.1, 0.15) is 10.9 Å². The summed E-state index contributed by atoms with van der Waals surface area (Å²) in [6, 6.07) is 8.17. The van der Waals surface area contributed by atoms with Crippen molar-refractivity contribution in [3.05, 3.63) is 74.6 Å². The maximum Gasteiger partial charge on any atom is 0.356 e. The van der Waals surface area contributed by atoms with E-state index in [-0.39, 0.29) is 18.1 Å². The molecule has 29 heavy (non-hydrogen) atoms. The number of nitro groups is 1. The van der Waals surface area contributed by atoms with Crippen LogP contribution in [0.3, 0.4) is 0 Å². The molecule has 1 aliphatic rings. The molecule has 3 heterocycles. The summed E-state index contributed by atoms with van der Waals surface area (Å²) in [5.41, 5.74) is 3.40. The third-order valence-corrected chi connectivity index (χ3v) is 6.25. The van der Waals surface area contributed by atoms with Gasteiger partial charge in [-0.15, -0.1) is 11.8 Å². The number of aryl methyl sites for hydroxylation is 2. The number of ether oxygens (including phenoxy) is 1. The lowest BCUT2D eigenvalue weighted by Gasteiger charge is -2.12.